The molecule has 2 nitrogen and oxygen atoms in total. The van der Waals surface area contributed by atoms with Crippen LogP contribution in [-0.4, -0.2) is 4.57 Å². The Morgan fingerprint density at radius 1 is 0.339 bits per heavy atom. The van der Waals surface area contributed by atoms with Crippen molar-refractivity contribution in [2.45, 2.75) is 12.8 Å². The summed E-state index contributed by atoms with van der Waals surface area (Å²) in [6, 6.07) is 74.5. The van der Waals surface area contributed by atoms with Crippen molar-refractivity contribution in [1.29, 1.82) is 0 Å². The molecule has 1 aromatic heterocycles. The van der Waals surface area contributed by atoms with Crippen molar-refractivity contribution in [2.75, 3.05) is 4.90 Å². The molecule has 9 aromatic rings. The number of hydrogen-bond acceptors (Lipinski definition) is 1. The molecule has 0 bridgehead atoms. The summed E-state index contributed by atoms with van der Waals surface area (Å²) in [7, 11) is 0. The van der Waals surface area contributed by atoms with Gasteiger partial charge in [0.05, 0.1) is 5.52 Å². The molecule has 0 radical (unpaired) electrons. The van der Waals surface area contributed by atoms with E-state index in [9.17, 15) is 0 Å². The smallest absolute Gasteiger partial charge is 0.0541 e. The molecule has 0 saturated heterocycles. The van der Waals surface area contributed by atoms with Gasteiger partial charge in [-0.25, -0.2) is 0 Å². The van der Waals surface area contributed by atoms with Crippen LogP contribution in [0.2, 0.25) is 0 Å². The van der Waals surface area contributed by atoms with Crippen molar-refractivity contribution < 1.29 is 0 Å². The topological polar surface area (TPSA) is 8.17 Å². The Morgan fingerprint density at radius 2 is 0.714 bits per heavy atom. The predicted molar refractivity (Wildman–Crippen MR) is 237 cm³/mol. The van der Waals surface area contributed by atoms with Crippen molar-refractivity contribution in [2.24, 2.45) is 0 Å². The van der Waals surface area contributed by atoms with Gasteiger partial charge in [-0.15, -0.1) is 0 Å². The molecule has 0 amide bonds. The number of aromatic nitrogens is 1. The lowest BCUT2D eigenvalue weighted by Crippen LogP contribution is -2.30. The van der Waals surface area contributed by atoms with Gasteiger partial charge >= 0.3 is 0 Å². The van der Waals surface area contributed by atoms with E-state index < -0.39 is 0 Å². The van der Waals surface area contributed by atoms with Crippen LogP contribution in [0.4, 0.5) is 17.1 Å². The van der Waals surface area contributed by atoms with Gasteiger partial charge in [0.15, 0.2) is 0 Å². The summed E-state index contributed by atoms with van der Waals surface area (Å²) < 4.78 is 2.42. The second-order valence-corrected chi connectivity index (χ2v) is 14.5. The lowest BCUT2D eigenvalue weighted by molar-refractivity contribution is 1.02. The first-order valence-corrected chi connectivity index (χ1v) is 19.5. The van der Waals surface area contributed by atoms with E-state index in [4.69, 9.17) is 0 Å². The molecule has 2 heteroatoms. The Labute approximate surface area is 328 Å². The maximum atomic E-state index is 2.42. The zero-order chi connectivity index (χ0) is 37.3. The molecule has 0 spiro atoms. The summed E-state index contributed by atoms with van der Waals surface area (Å²) in [4.78, 5) is 2.35. The maximum Gasteiger partial charge on any atom is 0.0541 e. The number of hydrogen-bond donors (Lipinski definition) is 0. The number of para-hydroxylation sites is 1. The normalized spacial score (nSPS) is 12.1. The molecule has 0 N–H and O–H groups in total. The van der Waals surface area contributed by atoms with E-state index in [1.54, 1.807) is 0 Å². The van der Waals surface area contributed by atoms with Gasteiger partial charge in [0.25, 0.3) is 0 Å². The largest absolute Gasteiger partial charge is 0.311 e. The van der Waals surface area contributed by atoms with Gasteiger partial charge in [0.2, 0.25) is 0 Å². The quantitative estimate of drug-likeness (QED) is 0.152. The van der Waals surface area contributed by atoms with Crippen LogP contribution in [0, 0.1) is 0 Å². The van der Waals surface area contributed by atoms with Gasteiger partial charge in [-0.3, -0.25) is 0 Å². The van der Waals surface area contributed by atoms with Gasteiger partial charge in [-0.1, -0.05) is 158 Å². The highest BCUT2D eigenvalue weighted by atomic mass is 15.1. The summed E-state index contributed by atoms with van der Waals surface area (Å²) in [5.74, 6) is 0. The second-order valence-electron chi connectivity index (χ2n) is 14.5. The minimum atomic E-state index is 1.07. The minimum Gasteiger partial charge on any atom is -0.311 e. The highest BCUT2D eigenvalue weighted by Gasteiger charge is 2.16. The standard InChI is InChI=1S/C54H40N2/c1-4-12-39(13-5-1)41-20-22-42(23-21-41)44-26-33-49(34-27-44)55(48-31-24-43(25-32-48)40-14-6-2-7-15-40)50-35-28-45(29-36-50)46-30-37-54-52(38-46)51-18-10-11-19-53(51)56(54)47-16-8-3-9-17-47/h1-9,12-38H,10-11H2. The van der Waals surface area contributed by atoms with E-state index in [0.29, 0.717) is 0 Å². The summed E-state index contributed by atoms with van der Waals surface area (Å²) in [6.45, 7) is 0. The third kappa shape index (κ3) is 6.32. The molecule has 0 atom stereocenters. The van der Waals surface area contributed by atoms with Crippen LogP contribution in [0.25, 0.3) is 73.2 Å². The third-order valence-electron chi connectivity index (χ3n) is 11.1. The van der Waals surface area contributed by atoms with Crippen molar-refractivity contribution in [3.63, 3.8) is 0 Å². The van der Waals surface area contributed by atoms with E-state index >= 15 is 0 Å². The van der Waals surface area contributed by atoms with Crippen molar-refractivity contribution in [3.05, 3.63) is 217 Å². The third-order valence-corrected chi connectivity index (χ3v) is 11.1. The fourth-order valence-electron chi connectivity index (χ4n) is 8.21. The zero-order valence-electron chi connectivity index (χ0n) is 31.1. The molecule has 0 fully saturated rings. The van der Waals surface area contributed by atoms with E-state index in [1.807, 2.05) is 0 Å². The second kappa shape index (κ2) is 14.6. The van der Waals surface area contributed by atoms with Crippen LogP contribution in [0.15, 0.2) is 206 Å². The molecule has 266 valence electrons. The van der Waals surface area contributed by atoms with Crippen LogP contribution >= 0.6 is 0 Å². The van der Waals surface area contributed by atoms with Gasteiger partial charge in [0.1, 0.15) is 0 Å². The molecule has 0 saturated carbocycles. The Kier molecular flexibility index (Phi) is 8.70. The lowest BCUT2D eigenvalue weighted by atomic mass is 10.00. The van der Waals surface area contributed by atoms with Crippen LogP contribution in [0.3, 0.4) is 0 Å². The van der Waals surface area contributed by atoms with E-state index in [2.05, 4.69) is 228 Å². The van der Waals surface area contributed by atoms with Gasteiger partial charge in [-0.2, -0.15) is 0 Å². The van der Waals surface area contributed by atoms with Crippen molar-refractivity contribution >= 4 is 40.1 Å². The predicted octanol–water partition coefficient (Wildman–Crippen LogP) is 13.1. The van der Waals surface area contributed by atoms with Crippen molar-refractivity contribution in [1.82, 2.24) is 4.57 Å². The summed E-state index contributed by atoms with van der Waals surface area (Å²) in [5.41, 5.74) is 15.5. The molecule has 1 aliphatic carbocycles. The number of rotatable bonds is 8. The molecular weight excluding hydrogens is 677 g/mol. The molecule has 56 heavy (non-hydrogen) atoms. The highest BCUT2D eigenvalue weighted by molar-refractivity contribution is 5.89. The SMILES string of the molecule is C1=c2c(n(-c3ccccc3)c3ccc(-c4ccc(N(c5ccc(-c6ccccc6)cc5)c5ccc(-c6ccc(-c7ccccc7)cc6)cc5)cc4)cc23)=CCC1. The molecule has 1 heterocycles. The van der Waals surface area contributed by atoms with Gasteiger partial charge in [0, 0.05) is 38.7 Å². The molecule has 8 aromatic carbocycles. The van der Waals surface area contributed by atoms with Gasteiger partial charge < -0.3 is 9.47 Å². The average molecular weight is 717 g/mol. The molecule has 1 aliphatic rings. The number of benzene rings is 8. The molecule has 0 aliphatic heterocycles. The number of nitrogens with zero attached hydrogens (tertiary/aromatic N) is 2. The Balaban J connectivity index is 1.00. The van der Waals surface area contributed by atoms with Crippen molar-refractivity contribution in [3.8, 4) is 50.2 Å². The summed E-state index contributed by atoms with van der Waals surface area (Å²) in [6.07, 6.45) is 6.95. The van der Waals surface area contributed by atoms with E-state index in [0.717, 1.165) is 29.9 Å². The number of anilines is 3. The Hall–Kier alpha value is -7.16. The fraction of sp³-hybridized carbons (Fsp3) is 0.0370. The molecule has 10 rings (SSSR count). The van der Waals surface area contributed by atoms with E-state index in [1.165, 1.54) is 71.7 Å². The first kappa shape index (κ1) is 33.4. The first-order valence-electron chi connectivity index (χ1n) is 19.5. The minimum absolute atomic E-state index is 1.07. The first-order chi connectivity index (χ1) is 27.8. The Morgan fingerprint density at radius 3 is 1.20 bits per heavy atom. The summed E-state index contributed by atoms with van der Waals surface area (Å²) >= 11 is 0. The average Bonchev–Trinajstić information content (AvgIpc) is 3.62. The zero-order valence-corrected chi connectivity index (χ0v) is 31.1. The molecule has 0 unspecified atom stereocenters. The lowest BCUT2D eigenvalue weighted by Gasteiger charge is -2.26. The van der Waals surface area contributed by atoms with Crippen LogP contribution in [-0.2, 0) is 0 Å². The number of fused-ring (bicyclic) bond motifs is 3. The monoisotopic (exact) mass is 716 g/mol. The maximum absolute atomic E-state index is 2.42. The van der Waals surface area contributed by atoms with Crippen LogP contribution < -0.4 is 15.5 Å². The fourth-order valence-corrected chi connectivity index (χ4v) is 8.21. The molecular formula is C54H40N2. The van der Waals surface area contributed by atoms with Gasteiger partial charge in [-0.05, 0) is 118 Å². The Bertz CT molecular complexity index is 2890. The van der Waals surface area contributed by atoms with Crippen LogP contribution in [0.5, 0.6) is 0 Å². The van der Waals surface area contributed by atoms with Crippen LogP contribution in [0.1, 0.15) is 12.8 Å². The summed E-state index contributed by atoms with van der Waals surface area (Å²) in [5, 5.41) is 3.94. The van der Waals surface area contributed by atoms with E-state index in [-0.39, 0.29) is 0 Å². The highest BCUT2D eigenvalue weighted by Crippen LogP contribution is 2.38.